The van der Waals surface area contributed by atoms with Crippen LogP contribution in [0.5, 0.6) is 11.5 Å². The lowest BCUT2D eigenvalue weighted by Gasteiger charge is -2.39. The van der Waals surface area contributed by atoms with Gasteiger partial charge in [-0.05, 0) is 88.0 Å². The van der Waals surface area contributed by atoms with Gasteiger partial charge < -0.3 is 9.64 Å². The maximum Gasteiger partial charge on any atom is 0.132 e. The molecule has 8 aromatic carbocycles. The number of hydrogen-bond acceptors (Lipinski definition) is 3. The highest BCUT2D eigenvalue weighted by Gasteiger charge is 2.51. The van der Waals surface area contributed by atoms with Gasteiger partial charge in [-0.15, -0.1) is 11.3 Å². The molecule has 1 spiro atoms. The van der Waals surface area contributed by atoms with E-state index < -0.39 is 5.41 Å². The lowest BCUT2D eigenvalue weighted by Crippen LogP contribution is -2.32. The highest BCUT2D eigenvalue weighted by Crippen LogP contribution is 2.63. The summed E-state index contributed by atoms with van der Waals surface area (Å²) in [6.07, 6.45) is 0. The minimum Gasteiger partial charge on any atom is -0.457 e. The molecule has 0 fully saturated rings. The lowest BCUT2D eigenvalue weighted by molar-refractivity contribution is 0.436. The molecule has 244 valence electrons. The number of ether oxygens (including phenoxy) is 1. The van der Waals surface area contributed by atoms with Crippen molar-refractivity contribution >= 4 is 48.6 Å². The molecule has 0 saturated heterocycles. The Labute approximate surface area is 306 Å². The smallest absolute Gasteiger partial charge is 0.132 e. The van der Waals surface area contributed by atoms with Crippen LogP contribution in [0.4, 0.5) is 17.1 Å². The summed E-state index contributed by atoms with van der Waals surface area (Å²) in [7, 11) is 0. The molecular formula is C49H31NOS. The lowest BCUT2D eigenvalue weighted by atomic mass is 9.66. The summed E-state index contributed by atoms with van der Waals surface area (Å²) in [5, 5.41) is 2.56. The third kappa shape index (κ3) is 4.11. The molecule has 0 atom stereocenters. The molecule has 9 aromatic rings. The fraction of sp³-hybridized carbons (Fsp3) is 0.0204. The highest BCUT2D eigenvalue weighted by atomic mass is 32.1. The number of rotatable bonds is 4. The van der Waals surface area contributed by atoms with Crippen LogP contribution in [0.25, 0.3) is 42.4 Å². The number of hydrogen-bond donors (Lipinski definition) is 0. The molecule has 0 saturated carbocycles. The van der Waals surface area contributed by atoms with Crippen LogP contribution in [0, 0.1) is 0 Å². The molecule has 2 heterocycles. The summed E-state index contributed by atoms with van der Waals surface area (Å²) in [4.78, 5) is 2.40. The van der Waals surface area contributed by atoms with Gasteiger partial charge >= 0.3 is 0 Å². The van der Waals surface area contributed by atoms with E-state index in [9.17, 15) is 0 Å². The maximum absolute atomic E-state index is 6.59. The van der Waals surface area contributed by atoms with Crippen molar-refractivity contribution in [1.82, 2.24) is 0 Å². The van der Waals surface area contributed by atoms with E-state index in [2.05, 4.69) is 193 Å². The Bertz CT molecular complexity index is 2770. The van der Waals surface area contributed by atoms with Crippen LogP contribution < -0.4 is 9.64 Å². The molecule has 1 aliphatic carbocycles. The van der Waals surface area contributed by atoms with E-state index in [1.54, 1.807) is 0 Å². The molecule has 11 rings (SSSR count). The topological polar surface area (TPSA) is 12.5 Å². The van der Waals surface area contributed by atoms with Gasteiger partial charge in [0.05, 0.1) is 15.8 Å². The second-order valence-corrected chi connectivity index (χ2v) is 14.7. The third-order valence-electron chi connectivity index (χ3n) is 10.9. The van der Waals surface area contributed by atoms with Crippen molar-refractivity contribution in [2.45, 2.75) is 5.41 Å². The molecule has 0 bridgehead atoms. The Morgan fingerprint density at radius 1 is 0.423 bits per heavy atom. The third-order valence-corrected chi connectivity index (χ3v) is 12.1. The highest BCUT2D eigenvalue weighted by molar-refractivity contribution is 7.26. The molecule has 3 heteroatoms. The zero-order valence-corrected chi connectivity index (χ0v) is 29.0. The summed E-state index contributed by atoms with van der Waals surface area (Å²) in [5.41, 5.74) is 12.9. The van der Waals surface area contributed by atoms with Crippen molar-refractivity contribution < 1.29 is 4.74 Å². The van der Waals surface area contributed by atoms with Gasteiger partial charge in [0.15, 0.2) is 0 Å². The minimum atomic E-state index is -0.485. The van der Waals surface area contributed by atoms with E-state index in [0.29, 0.717) is 0 Å². The van der Waals surface area contributed by atoms with Gasteiger partial charge in [-0.2, -0.15) is 0 Å². The van der Waals surface area contributed by atoms with Crippen molar-refractivity contribution in [2.75, 3.05) is 4.90 Å². The second kappa shape index (κ2) is 11.3. The summed E-state index contributed by atoms with van der Waals surface area (Å²) in [5.74, 6) is 1.83. The quantitative estimate of drug-likeness (QED) is 0.183. The number of anilines is 3. The first kappa shape index (κ1) is 29.3. The van der Waals surface area contributed by atoms with Crippen molar-refractivity contribution in [3.8, 4) is 33.8 Å². The molecule has 0 amide bonds. The van der Waals surface area contributed by atoms with Gasteiger partial charge in [0.2, 0.25) is 0 Å². The minimum absolute atomic E-state index is 0.485. The fourth-order valence-electron chi connectivity index (χ4n) is 8.74. The van der Waals surface area contributed by atoms with E-state index >= 15 is 0 Å². The van der Waals surface area contributed by atoms with E-state index in [1.807, 2.05) is 11.3 Å². The first-order chi connectivity index (χ1) is 25.8. The molecule has 0 radical (unpaired) electrons. The molecule has 2 nitrogen and oxygen atoms in total. The Hall–Kier alpha value is -6.42. The number of para-hydroxylation sites is 3. The number of fused-ring (bicyclic) bond motifs is 12. The van der Waals surface area contributed by atoms with Crippen LogP contribution in [-0.4, -0.2) is 0 Å². The van der Waals surface area contributed by atoms with Crippen LogP contribution >= 0.6 is 11.3 Å². The van der Waals surface area contributed by atoms with Crippen molar-refractivity contribution in [3.05, 3.63) is 210 Å². The van der Waals surface area contributed by atoms with Crippen molar-refractivity contribution in [3.63, 3.8) is 0 Å². The second-order valence-electron chi connectivity index (χ2n) is 13.6. The Kier molecular flexibility index (Phi) is 6.37. The molecule has 2 aliphatic rings. The number of benzene rings is 8. The average Bonchev–Trinajstić information content (AvgIpc) is 3.72. The first-order valence-corrected chi connectivity index (χ1v) is 18.6. The van der Waals surface area contributed by atoms with Crippen LogP contribution in [0.1, 0.15) is 22.3 Å². The molecular weight excluding hydrogens is 651 g/mol. The monoisotopic (exact) mass is 681 g/mol. The molecule has 0 unspecified atom stereocenters. The Balaban J connectivity index is 1.16. The van der Waals surface area contributed by atoms with Crippen molar-refractivity contribution in [1.29, 1.82) is 0 Å². The largest absolute Gasteiger partial charge is 0.457 e. The zero-order chi connectivity index (χ0) is 34.2. The number of thiophene rings is 1. The summed E-state index contributed by atoms with van der Waals surface area (Å²) < 4.78 is 9.14. The predicted octanol–water partition coefficient (Wildman–Crippen LogP) is 13.7. The Morgan fingerprint density at radius 2 is 1.02 bits per heavy atom. The van der Waals surface area contributed by atoms with Gasteiger partial charge in [0.25, 0.3) is 0 Å². The molecule has 1 aliphatic heterocycles. The number of nitrogens with zero attached hydrogens (tertiary/aromatic N) is 1. The summed E-state index contributed by atoms with van der Waals surface area (Å²) in [6.45, 7) is 0. The van der Waals surface area contributed by atoms with E-state index in [1.165, 1.54) is 70.4 Å². The molecule has 52 heavy (non-hydrogen) atoms. The van der Waals surface area contributed by atoms with Gasteiger partial charge in [0, 0.05) is 38.0 Å². The Morgan fingerprint density at radius 3 is 1.75 bits per heavy atom. The van der Waals surface area contributed by atoms with Gasteiger partial charge in [-0.1, -0.05) is 133 Å². The van der Waals surface area contributed by atoms with E-state index in [-0.39, 0.29) is 0 Å². The fourth-order valence-corrected chi connectivity index (χ4v) is 9.97. The maximum atomic E-state index is 6.59. The van der Waals surface area contributed by atoms with Crippen LogP contribution in [0.2, 0.25) is 0 Å². The standard InChI is InChI=1S/C49H31NOS/c1-3-14-32(15-4-1)33-26-28-35(29-27-33)50(34-16-5-2-6-17-34)44-23-13-19-37-39-30-38-36-18-7-8-20-40(36)49(43(38)31-47(39)52-48(37)44)41-21-9-11-24-45(41)51-46-25-12-10-22-42(46)49/h1-31H. The average molecular weight is 682 g/mol. The van der Waals surface area contributed by atoms with Crippen LogP contribution in [0.15, 0.2) is 188 Å². The molecule has 0 N–H and O–H groups in total. The normalized spacial score (nSPS) is 13.3. The van der Waals surface area contributed by atoms with Gasteiger partial charge in [-0.25, -0.2) is 0 Å². The van der Waals surface area contributed by atoms with Crippen LogP contribution in [0.3, 0.4) is 0 Å². The van der Waals surface area contributed by atoms with Gasteiger partial charge in [0.1, 0.15) is 11.5 Å². The van der Waals surface area contributed by atoms with Gasteiger partial charge in [-0.3, -0.25) is 0 Å². The summed E-state index contributed by atoms with van der Waals surface area (Å²) >= 11 is 1.89. The van der Waals surface area contributed by atoms with E-state index in [4.69, 9.17) is 4.74 Å². The molecule has 1 aromatic heterocycles. The van der Waals surface area contributed by atoms with Crippen LogP contribution in [-0.2, 0) is 5.41 Å². The SMILES string of the molecule is c1ccc(-c2ccc(N(c3ccccc3)c3cccc4c3sc3cc5c(cc34)-c3ccccc3C53c4ccccc4Oc4ccccc43)cc2)cc1. The summed E-state index contributed by atoms with van der Waals surface area (Å²) in [6, 6.07) is 68.2. The zero-order valence-electron chi connectivity index (χ0n) is 28.2. The predicted molar refractivity (Wildman–Crippen MR) is 217 cm³/mol. The first-order valence-electron chi connectivity index (χ1n) is 17.8. The van der Waals surface area contributed by atoms with Crippen molar-refractivity contribution in [2.24, 2.45) is 0 Å². The van der Waals surface area contributed by atoms with E-state index in [0.717, 1.165) is 22.9 Å².